The van der Waals surface area contributed by atoms with Crippen LogP contribution in [-0.4, -0.2) is 9.97 Å². The highest BCUT2D eigenvalue weighted by Crippen LogP contribution is 2.15. The van der Waals surface area contributed by atoms with Gasteiger partial charge in [-0.3, -0.25) is 4.98 Å². The fourth-order valence-corrected chi connectivity index (χ4v) is 1.41. The second kappa shape index (κ2) is 4.09. The first-order chi connectivity index (χ1) is 7.29. The molecular weight excluding hydrogens is 186 g/mol. The van der Waals surface area contributed by atoms with E-state index in [9.17, 15) is 0 Å². The van der Waals surface area contributed by atoms with E-state index in [1.54, 1.807) is 6.07 Å². The van der Waals surface area contributed by atoms with Crippen LogP contribution in [0.5, 0.6) is 0 Å². The molecule has 0 aliphatic carbocycles. The summed E-state index contributed by atoms with van der Waals surface area (Å²) in [5.41, 5.74) is 8.39. The van der Waals surface area contributed by atoms with Crippen LogP contribution in [0.1, 0.15) is 12.6 Å². The van der Waals surface area contributed by atoms with Gasteiger partial charge in [0.1, 0.15) is 5.82 Å². The van der Waals surface area contributed by atoms with Gasteiger partial charge < -0.3 is 5.73 Å². The first-order valence-electron chi connectivity index (χ1n) is 4.98. The monoisotopic (exact) mass is 199 g/mol. The van der Waals surface area contributed by atoms with Crippen molar-refractivity contribution in [3.05, 3.63) is 42.1 Å². The summed E-state index contributed by atoms with van der Waals surface area (Å²) in [4.78, 5) is 8.72. The minimum absolute atomic E-state index is 0.524. The molecule has 0 spiro atoms. The summed E-state index contributed by atoms with van der Waals surface area (Å²) in [7, 11) is 0. The van der Waals surface area contributed by atoms with Crippen molar-refractivity contribution in [3.63, 3.8) is 0 Å². The summed E-state index contributed by atoms with van der Waals surface area (Å²) in [5.74, 6) is 0.524. The summed E-state index contributed by atoms with van der Waals surface area (Å²) in [6.07, 6.45) is 0.927. The number of anilines is 1. The predicted octanol–water partition coefficient (Wildman–Crippen LogP) is 2.29. The van der Waals surface area contributed by atoms with Crippen molar-refractivity contribution in [2.45, 2.75) is 13.3 Å². The number of pyridine rings is 2. The molecule has 2 aromatic heterocycles. The van der Waals surface area contributed by atoms with Gasteiger partial charge in [0.25, 0.3) is 0 Å². The first-order valence-corrected chi connectivity index (χ1v) is 4.98. The molecule has 2 aromatic rings. The molecule has 3 nitrogen and oxygen atoms in total. The molecule has 2 N–H and O–H groups in total. The van der Waals surface area contributed by atoms with Crippen molar-refractivity contribution in [1.29, 1.82) is 0 Å². The van der Waals surface area contributed by atoms with Crippen molar-refractivity contribution < 1.29 is 0 Å². The topological polar surface area (TPSA) is 51.8 Å². The Morgan fingerprint density at radius 1 is 1.00 bits per heavy atom. The predicted molar refractivity (Wildman–Crippen MR) is 61.3 cm³/mol. The quantitative estimate of drug-likeness (QED) is 0.807. The van der Waals surface area contributed by atoms with E-state index in [4.69, 9.17) is 5.73 Å². The van der Waals surface area contributed by atoms with Crippen molar-refractivity contribution >= 4 is 5.82 Å². The zero-order chi connectivity index (χ0) is 10.7. The highest BCUT2D eigenvalue weighted by atomic mass is 14.9. The molecule has 76 valence electrons. The first kappa shape index (κ1) is 9.65. The SMILES string of the molecule is CCc1cccc(-c2cccc(N)n2)n1. The lowest BCUT2D eigenvalue weighted by Crippen LogP contribution is -1.94. The van der Waals surface area contributed by atoms with Gasteiger partial charge in [0, 0.05) is 5.69 Å². The Morgan fingerprint density at radius 2 is 1.67 bits per heavy atom. The lowest BCUT2D eigenvalue weighted by molar-refractivity contribution is 1.03. The largest absolute Gasteiger partial charge is 0.384 e. The van der Waals surface area contributed by atoms with Gasteiger partial charge in [0.05, 0.1) is 11.4 Å². The minimum Gasteiger partial charge on any atom is -0.384 e. The number of nitrogen functional groups attached to an aromatic ring is 1. The number of aromatic nitrogens is 2. The Hall–Kier alpha value is -1.90. The summed E-state index contributed by atoms with van der Waals surface area (Å²) < 4.78 is 0. The van der Waals surface area contributed by atoms with Gasteiger partial charge >= 0.3 is 0 Å². The average Bonchev–Trinajstić information content (AvgIpc) is 2.29. The smallest absolute Gasteiger partial charge is 0.124 e. The molecule has 0 radical (unpaired) electrons. The Kier molecular flexibility index (Phi) is 2.63. The standard InChI is InChI=1S/C12H13N3/c1-2-9-5-3-6-10(14-9)11-7-4-8-12(13)15-11/h3-8H,2H2,1H3,(H2,13,15). The number of hydrogen-bond donors (Lipinski definition) is 1. The van der Waals surface area contributed by atoms with E-state index in [1.807, 2.05) is 30.3 Å². The van der Waals surface area contributed by atoms with Crippen LogP contribution in [0.15, 0.2) is 36.4 Å². The van der Waals surface area contributed by atoms with Crippen LogP contribution in [-0.2, 0) is 6.42 Å². The van der Waals surface area contributed by atoms with Crippen molar-refractivity contribution in [2.24, 2.45) is 0 Å². The molecule has 2 rings (SSSR count). The van der Waals surface area contributed by atoms with E-state index in [-0.39, 0.29) is 0 Å². The van der Waals surface area contributed by atoms with Crippen LogP contribution in [0.2, 0.25) is 0 Å². The lowest BCUT2D eigenvalue weighted by Gasteiger charge is -2.02. The molecule has 3 heteroatoms. The Labute approximate surface area is 89.0 Å². The van der Waals surface area contributed by atoms with E-state index >= 15 is 0 Å². The normalized spacial score (nSPS) is 10.2. The zero-order valence-electron chi connectivity index (χ0n) is 8.64. The molecule has 0 bridgehead atoms. The summed E-state index contributed by atoms with van der Waals surface area (Å²) in [6.45, 7) is 2.08. The van der Waals surface area contributed by atoms with E-state index in [2.05, 4.69) is 16.9 Å². The molecule has 0 aromatic carbocycles. The Morgan fingerprint density at radius 3 is 2.33 bits per heavy atom. The summed E-state index contributed by atoms with van der Waals surface area (Å²) >= 11 is 0. The lowest BCUT2D eigenvalue weighted by atomic mass is 10.2. The molecule has 0 aliphatic heterocycles. The van der Waals surface area contributed by atoms with E-state index in [0.29, 0.717) is 5.82 Å². The van der Waals surface area contributed by atoms with Crippen LogP contribution in [0.3, 0.4) is 0 Å². The highest BCUT2D eigenvalue weighted by molar-refractivity contribution is 5.56. The average molecular weight is 199 g/mol. The molecule has 0 amide bonds. The molecule has 15 heavy (non-hydrogen) atoms. The molecule has 2 heterocycles. The van der Waals surface area contributed by atoms with Gasteiger partial charge in [0.15, 0.2) is 0 Å². The minimum atomic E-state index is 0.524. The maximum Gasteiger partial charge on any atom is 0.124 e. The van der Waals surface area contributed by atoms with Crippen LogP contribution in [0.4, 0.5) is 5.82 Å². The molecular formula is C12H13N3. The summed E-state index contributed by atoms with van der Waals surface area (Å²) in [5, 5.41) is 0. The van der Waals surface area contributed by atoms with Gasteiger partial charge in [-0.15, -0.1) is 0 Å². The molecule has 0 saturated carbocycles. The number of nitrogens with zero attached hydrogens (tertiary/aromatic N) is 2. The van der Waals surface area contributed by atoms with E-state index in [1.165, 1.54) is 0 Å². The number of aryl methyl sites for hydroxylation is 1. The molecule has 0 unspecified atom stereocenters. The van der Waals surface area contributed by atoms with E-state index < -0.39 is 0 Å². The number of hydrogen-bond acceptors (Lipinski definition) is 3. The second-order valence-corrected chi connectivity index (χ2v) is 3.32. The molecule has 0 saturated heterocycles. The Balaban J connectivity index is 2.44. The summed E-state index contributed by atoms with van der Waals surface area (Å²) in [6, 6.07) is 11.5. The molecule has 0 fully saturated rings. The highest BCUT2D eigenvalue weighted by Gasteiger charge is 2.01. The third-order valence-corrected chi connectivity index (χ3v) is 2.20. The van der Waals surface area contributed by atoms with Gasteiger partial charge in [-0.1, -0.05) is 19.1 Å². The second-order valence-electron chi connectivity index (χ2n) is 3.32. The van der Waals surface area contributed by atoms with Crippen LogP contribution in [0.25, 0.3) is 11.4 Å². The van der Waals surface area contributed by atoms with E-state index in [0.717, 1.165) is 23.5 Å². The van der Waals surface area contributed by atoms with Gasteiger partial charge in [0.2, 0.25) is 0 Å². The van der Waals surface area contributed by atoms with Gasteiger partial charge in [-0.05, 0) is 30.7 Å². The number of nitrogens with two attached hydrogens (primary N) is 1. The van der Waals surface area contributed by atoms with Crippen molar-refractivity contribution in [3.8, 4) is 11.4 Å². The van der Waals surface area contributed by atoms with Crippen LogP contribution >= 0.6 is 0 Å². The fraction of sp³-hybridized carbons (Fsp3) is 0.167. The zero-order valence-corrected chi connectivity index (χ0v) is 8.64. The maximum atomic E-state index is 5.63. The Bertz CT molecular complexity index is 466. The van der Waals surface area contributed by atoms with Crippen molar-refractivity contribution in [1.82, 2.24) is 9.97 Å². The number of rotatable bonds is 2. The maximum absolute atomic E-state index is 5.63. The third-order valence-electron chi connectivity index (χ3n) is 2.20. The molecule has 0 aliphatic rings. The van der Waals surface area contributed by atoms with Crippen LogP contribution < -0.4 is 5.73 Å². The fourth-order valence-electron chi connectivity index (χ4n) is 1.41. The van der Waals surface area contributed by atoms with Gasteiger partial charge in [-0.2, -0.15) is 0 Å². The van der Waals surface area contributed by atoms with Gasteiger partial charge in [-0.25, -0.2) is 4.98 Å². The third kappa shape index (κ3) is 2.13. The van der Waals surface area contributed by atoms with Crippen molar-refractivity contribution in [2.75, 3.05) is 5.73 Å². The molecule has 0 atom stereocenters. The van der Waals surface area contributed by atoms with Crippen LogP contribution in [0, 0.1) is 0 Å².